The molecule has 5 nitrogen and oxygen atoms in total. The van der Waals surface area contributed by atoms with Gasteiger partial charge in [0.1, 0.15) is 6.10 Å². The Bertz CT molecular complexity index is 508. The minimum atomic E-state index is -0.249. The lowest BCUT2D eigenvalue weighted by Crippen LogP contribution is -2.49. The van der Waals surface area contributed by atoms with Crippen LogP contribution in [0.4, 0.5) is 0 Å². The molecule has 3 unspecified atom stereocenters. The molecule has 0 aromatic heterocycles. The number of morpholine rings is 1. The molecule has 1 heterocycles. The molecule has 0 radical (unpaired) electrons. The highest BCUT2D eigenvalue weighted by molar-refractivity contribution is 6.31. The van der Waals surface area contributed by atoms with Crippen molar-refractivity contribution in [3.05, 3.63) is 34.9 Å². The van der Waals surface area contributed by atoms with Gasteiger partial charge in [0, 0.05) is 24.2 Å². The zero-order valence-electron chi connectivity index (χ0n) is 13.0. The molecule has 1 aromatic carbocycles. The van der Waals surface area contributed by atoms with Crippen molar-refractivity contribution in [3.8, 4) is 0 Å². The largest absolute Gasteiger partial charge is 0.380 e. The summed E-state index contributed by atoms with van der Waals surface area (Å²) >= 11 is 6.23. The number of rotatable bonds is 5. The van der Waals surface area contributed by atoms with Crippen molar-refractivity contribution in [1.29, 1.82) is 0 Å². The maximum absolute atomic E-state index is 12.5. The summed E-state index contributed by atoms with van der Waals surface area (Å²) in [5.41, 5.74) is 6.51. The van der Waals surface area contributed by atoms with E-state index in [-0.39, 0.29) is 30.6 Å². The Balaban J connectivity index is 2.08. The van der Waals surface area contributed by atoms with E-state index >= 15 is 0 Å². The van der Waals surface area contributed by atoms with Gasteiger partial charge >= 0.3 is 0 Å². The van der Waals surface area contributed by atoms with Crippen molar-refractivity contribution in [2.75, 3.05) is 26.8 Å². The number of benzene rings is 1. The second kappa shape index (κ2) is 7.92. The zero-order chi connectivity index (χ0) is 16.1. The summed E-state index contributed by atoms with van der Waals surface area (Å²) in [5, 5.41) is 0.658. The van der Waals surface area contributed by atoms with Gasteiger partial charge in [-0.25, -0.2) is 0 Å². The van der Waals surface area contributed by atoms with E-state index in [1.54, 1.807) is 7.11 Å². The second-order valence-corrected chi connectivity index (χ2v) is 5.94. The van der Waals surface area contributed by atoms with Crippen LogP contribution in [0, 0.1) is 0 Å². The van der Waals surface area contributed by atoms with Crippen LogP contribution in [0.3, 0.4) is 0 Å². The third-order valence-corrected chi connectivity index (χ3v) is 4.35. The average Bonchev–Trinajstić information content (AvgIpc) is 2.53. The van der Waals surface area contributed by atoms with Crippen LogP contribution in [-0.2, 0) is 14.3 Å². The molecule has 0 bridgehead atoms. The molecule has 0 spiro atoms. The molecule has 122 valence electrons. The third kappa shape index (κ3) is 3.98. The monoisotopic (exact) mass is 326 g/mol. The summed E-state index contributed by atoms with van der Waals surface area (Å²) in [5.74, 6) is 0.0325. The lowest BCUT2D eigenvalue weighted by Gasteiger charge is -2.39. The van der Waals surface area contributed by atoms with E-state index in [1.165, 1.54) is 0 Å². The van der Waals surface area contributed by atoms with E-state index < -0.39 is 0 Å². The third-order valence-electron chi connectivity index (χ3n) is 4.00. The minimum Gasteiger partial charge on any atom is -0.380 e. The van der Waals surface area contributed by atoms with Gasteiger partial charge in [-0.2, -0.15) is 0 Å². The zero-order valence-corrected chi connectivity index (χ0v) is 13.8. The Labute approximate surface area is 136 Å². The number of carbonyl (C=O) groups is 1. The number of methoxy groups -OCH3 is 1. The van der Waals surface area contributed by atoms with Crippen LogP contribution in [-0.4, -0.2) is 49.8 Å². The molecule has 1 saturated heterocycles. The predicted molar refractivity (Wildman–Crippen MR) is 85.8 cm³/mol. The summed E-state index contributed by atoms with van der Waals surface area (Å²) < 4.78 is 11.1. The van der Waals surface area contributed by atoms with E-state index in [2.05, 4.69) is 0 Å². The quantitative estimate of drug-likeness (QED) is 0.898. The summed E-state index contributed by atoms with van der Waals surface area (Å²) in [6.45, 7) is 3.28. The van der Waals surface area contributed by atoms with Crippen LogP contribution in [0.15, 0.2) is 24.3 Å². The first-order valence-corrected chi connectivity index (χ1v) is 7.83. The molecule has 2 rings (SSSR count). The van der Waals surface area contributed by atoms with E-state index in [1.807, 2.05) is 36.1 Å². The lowest BCUT2D eigenvalue weighted by molar-refractivity contribution is -0.146. The topological polar surface area (TPSA) is 64.8 Å². The van der Waals surface area contributed by atoms with Gasteiger partial charge in [-0.15, -0.1) is 0 Å². The molecule has 2 N–H and O–H groups in total. The molecule has 1 aromatic rings. The summed E-state index contributed by atoms with van der Waals surface area (Å²) in [6.07, 6.45) is -0.166. The standard InChI is InChI=1S/C16H23ClN2O3/c1-11-10-22-15(13-5-3-4-6-14(13)17)9-19(11)16(20)7-12(8-18)21-2/h3-6,11-12,15H,7-10,18H2,1-2H3. The van der Waals surface area contributed by atoms with Gasteiger partial charge in [0.25, 0.3) is 0 Å². The molecule has 6 heteroatoms. The average molecular weight is 327 g/mol. The summed E-state index contributed by atoms with van der Waals surface area (Å²) in [7, 11) is 1.57. The number of carbonyl (C=O) groups excluding carboxylic acids is 1. The van der Waals surface area contributed by atoms with Crippen LogP contribution in [0.5, 0.6) is 0 Å². The second-order valence-electron chi connectivity index (χ2n) is 5.54. The van der Waals surface area contributed by atoms with Crippen molar-refractivity contribution in [1.82, 2.24) is 4.90 Å². The Hall–Kier alpha value is -1.14. The van der Waals surface area contributed by atoms with Crippen molar-refractivity contribution >= 4 is 17.5 Å². The lowest BCUT2D eigenvalue weighted by atomic mass is 10.0. The summed E-state index contributed by atoms with van der Waals surface area (Å²) in [6, 6.07) is 7.60. The van der Waals surface area contributed by atoms with Crippen LogP contribution in [0.1, 0.15) is 25.0 Å². The summed E-state index contributed by atoms with van der Waals surface area (Å²) in [4.78, 5) is 14.3. The van der Waals surface area contributed by atoms with Crippen molar-refractivity contribution < 1.29 is 14.3 Å². The molecule has 1 fully saturated rings. The van der Waals surface area contributed by atoms with Crippen LogP contribution < -0.4 is 5.73 Å². The maximum Gasteiger partial charge on any atom is 0.225 e. The number of amides is 1. The van der Waals surface area contributed by atoms with Gasteiger partial charge in [-0.3, -0.25) is 4.79 Å². The fourth-order valence-corrected chi connectivity index (χ4v) is 2.86. The van der Waals surface area contributed by atoms with Gasteiger partial charge in [0.2, 0.25) is 5.91 Å². The SMILES string of the molecule is COC(CN)CC(=O)N1CC(c2ccccc2Cl)OCC1C. The molecule has 0 saturated carbocycles. The molecule has 1 aliphatic heterocycles. The Morgan fingerprint density at radius 2 is 2.27 bits per heavy atom. The Kier molecular flexibility index (Phi) is 6.20. The molecular formula is C16H23ClN2O3. The van der Waals surface area contributed by atoms with Gasteiger partial charge in [0.15, 0.2) is 0 Å². The smallest absolute Gasteiger partial charge is 0.225 e. The van der Waals surface area contributed by atoms with E-state index in [0.29, 0.717) is 24.7 Å². The van der Waals surface area contributed by atoms with Crippen LogP contribution in [0.2, 0.25) is 5.02 Å². The highest BCUT2D eigenvalue weighted by Crippen LogP contribution is 2.30. The number of nitrogens with two attached hydrogens (primary N) is 1. The highest BCUT2D eigenvalue weighted by Gasteiger charge is 2.32. The van der Waals surface area contributed by atoms with Crippen molar-refractivity contribution in [3.63, 3.8) is 0 Å². The maximum atomic E-state index is 12.5. The minimum absolute atomic E-state index is 0.0292. The number of halogens is 1. The van der Waals surface area contributed by atoms with E-state index in [9.17, 15) is 4.79 Å². The van der Waals surface area contributed by atoms with Crippen LogP contribution >= 0.6 is 11.6 Å². The Morgan fingerprint density at radius 1 is 1.55 bits per heavy atom. The predicted octanol–water partition coefficient (Wildman–Crippen LogP) is 1.99. The van der Waals surface area contributed by atoms with Crippen LogP contribution in [0.25, 0.3) is 0 Å². The van der Waals surface area contributed by atoms with Gasteiger partial charge in [0.05, 0.1) is 31.7 Å². The molecule has 1 aliphatic rings. The first-order valence-electron chi connectivity index (χ1n) is 7.45. The number of hydrogen-bond acceptors (Lipinski definition) is 4. The number of nitrogens with zero attached hydrogens (tertiary/aromatic N) is 1. The normalized spacial score (nSPS) is 23.4. The molecule has 22 heavy (non-hydrogen) atoms. The fraction of sp³-hybridized carbons (Fsp3) is 0.562. The fourth-order valence-electron chi connectivity index (χ4n) is 2.60. The van der Waals surface area contributed by atoms with Crippen molar-refractivity contribution in [2.45, 2.75) is 31.6 Å². The van der Waals surface area contributed by atoms with Gasteiger partial charge in [-0.05, 0) is 13.0 Å². The van der Waals surface area contributed by atoms with Gasteiger partial charge in [-0.1, -0.05) is 29.8 Å². The number of ether oxygens (including phenoxy) is 2. The molecule has 3 atom stereocenters. The molecular weight excluding hydrogens is 304 g/mol. The first kappa shape index (κ1) is 17.2. The molecule has 0 aliphatic carbocycles. The van der Waals surface area contributed by atoms with Crippen molar-refractivity contribution in [2.24, 2.45) is 5.73 Å². The van der Waals surface area contributed by atoms with E-state index in [4.69, 9.17) is 26.8 Å². The molecule has 1 amide bonds. The highest BCUT2D eigenvalue weighted by atomic mass is 35.5. The van der Waals surface area contributed by atoms with Gasteiger partial charge < -0.3 is 20.1 Å². The number of hydrogen-bond donors (Lipinski definition) is 1. The van der Waals surface area contributed by atoms with E-state index in [0.717, 1.165) is 5.56 Å². The Morgan fingerprint density at radius 3 is 2.91 bits per heavy atom. The first-order chi connectivity index (χ1) is 10.6.